The Morgan fingerprint density at radius 2 is 1.71 bits per heavy atom. The van der Waals surface area contributed by atoms with E-state index in [1.54, 1.807) is 0 Å². The first-order valence-electron chi connectivity index (χ1n) is 19.6. The molecule has 8 fully saturated rings. The van der Waals surface area contributed by atoms with Crippen molar-refractivity contribution in [2.45, 2.75) is 157 Å². The van der Waals surface area contributed by atoms with E-state index in [9.17, 15) is 9.90 Å². The van der Waals surface area contributed by atoms with E-state index in [0.29, 0.717) is 40.5 Å². The molecule has 0 bridgehead atoms. The van der Waals surface area contributed by atoms with Gasteiger partial charge in [0.1, 0.15) is 6.10 Å². The summed E-state index contributed by atoms with van der Waals surface area (Å²) in [5, 5.41) is 12.6. The van der Waals surface area contributed by atoms with Gasteiger partial charge in [0.2, 0.25) is 0 Å². The van der Waals surface area contributed by atoms with E-state index in [1.165, 1.54) is 39.0 Å². The van der Waals surface area contributed by atoms with Gasteiger partial charge in [-0.3, -0.25) is 9.69 Å². The molecule has 3 aliphatic heterocycles. The van der Waals surface area contributed by atoms with Crippen LogP contribution in [0.4, 0.5) is 0 Å². The van der Waals surface area contributed by atoms with Crippen LogP contribution in [0.3, 0.4) is 0 Å². The van der Waals surface area contributed by atoms with E-state index in [4.69, 9.17) is 23.7 Å². The monoisotopic (exact) mass is 671 g/mol. The lowest BCUT2D eigenvalue weighted by atomic mass is 9.41. The average Bonchev–Trinajstić information content (AvgIpc) is 3.61. The zero-order valence-electron chi connectivity index (χ0n) is 31.4. The molecule has 0 aromatic carbocycles. The van der Waals surface area contributed by atoms with Crippen molar-refractivity contribution in [1.82, 2.24) is 4.90 Å². The van der Waals surface area contributed by atoms with Gasteiger partial charge in [0.05, 0.1) is 56.8 Å². The fourth-order valence-corrected chi connectivity index (χ4v) is 14.4. The van der Waals surface area contributed by atoms with Crippen molar-refractivity contribution >= 4 is 5.97 Å². The summed E-state index contributed by atoms with van der Waals surface area (Å²) in [6.45, 7) is 24.5. The Labute approximate surface area is 289 Å². The first kappa shape index (κ1) is 34.3. The third kappa shape index (κ3) is 4.56. The molecule has 5 saturated carbocycles. The predicted octanol–water partition coefficient (Wildman–Crippen LogP) is 6.22. The molecular formula is C40H65NO7. The van der Waals surface area contributed by atoms with Crippen LogP contribution >= 0.6 is 0 Å². The molecule has 272 valence electrons. The van der Waals surface area contributed by atoms with Crippen LogP contribution in [-0.2, 0) is 28.5 Å². The van der Waals surface area contributed by atoms with E-state index < -0.39 is 6.10 Å². The topological polar surface area (TPSA) is 86.7 Å². The second-order valence-corrected chi connectivity index (χ2v) is 20.1. The van der Waals surface area contributed by atoms with Crippen LogP contribution < -0.4 is 0 Å². The van der Waals surface area contributed by atoms with Crippen molar-refractivity contribution in [3.8, 4) is 0 Å². The van der Waals surface area contributed by atoms with E-state index in [1.807, 2.05) is 0 Å². The van der Waals surface area contributed by atoms with Gasteiger partial charge in [-0.1, -0.05) is 55.4 Å². The maximum absolute atomic E-state index is 12.6. The number of carbonyl (C=O) groups is 1. The zero-order valence-corrected chi connectivity index (χ0v) is 31.4. The van der Waals surface area contributed by atoms with E-state index in [0.717, 1.165) is 52.2 Å². The molecule has 8 heteroatoms. The molecule has 0 radical (unpaired) electrons. The van der Waals surface area contributed by atoms with Gasteiger partial charge in [-0.2, -0.15) is 0 Å². The van der Waals surface area contributed by atoms with Gasteiger partial charge in [-0.25, -0.2) is 0 Å². The van der Waals surface area contributed by atoms with Crippen LogP contribution in [-0.4, -0.2) is 91.7 Å². The number of aliphatic hydroxyl groups excluding tert-OH is 1. The van der Waals surface area contributed by atoms with Crippen LogP contribution in [0.2, 0.25) is 0 Å². The van der Waals surface area contributed by atoms with Gasteiger partial charge in [-0.05, 0) is 96.7 Å². The number of nitrogens with zero attached hydrogens (tertiary/aromatic N) is 1. The summed E-state index contributed by atoms with van der Waals surface area (Å²) in [4.78, 5) is 14.7. The van der Waals surface area contributed by atoms with Crippen LogP contribution in [0, 0.1) is 56.2 Å². The van der Waals surface area contributed by atoms with E-state index in [-0.39, 0.29) is 58.3 Å². The Morgan fingerprint density at radius 1 is 1.00 bits per heavy atom. The Balaban J connectivity index is 1.03. The zero-order chi connectivity index (χ0) is 34.2. The van der Waals surface area contributed by atoms with Crippen molar-refractivity contribution in [3.05, 3.63) is 0 Å². The number of carbonyl (C=O) groups excluding carboxylic acids is 1. The Morgan fingerprint density at radius 3 is 2.38 bits per heavy atom. The molecule has 0 amide bonds. The third-order valence-corrected chi connectivity index (χ3v) is 16.8. The van der Waals surface area contributed by atoms with Gasteiger partial charge < -0.3 is 28.8 Å². The van der Waals surface area contributed by atoms with Crippen LogP contribution in [0.25, 0.3) is 0 Å². The molecule has 6 unspecified atom stereocenters. The molecule has 8 nitrogen and oxygen atoms in total. The van der Waals surface area contributed by atoms with Crippen LogP contribution in [0.5, 0.6) is 0 Å². The molecule has 0 aromatic heterocycles. The van der Waals surface area contributed by atoms with Crippen molar-refractivity contribution in [2.75, 3.05) is 32.9 Å². The number of hydrogen-bond acceptors (Lipinski definition) is 8. The molecule has 0 aromatic rings. The highest BCUT2D eigenvalue weighted by molar-refractivity contribution is 5.66. The predicted molar refractivity (Wildman–Crippen MR) is 182 cm³/mol. The summed E-state index contributed by atoms with van der Waals surface area (Å²) in [6.07, 6.45) is 8.09. The van der Waals surface area contributed by atoms with Gasteiger partial charge in [0, 0.05) is 24.3 Å². The molecule has 8 aliphatic rings. The number of fused-ring (bicyclic) bond motifs is 4. The van der Waals surface area contributed by atoms with Gasteiger partial charge in [0.15, 0.2) is 6.29 Å². The minimum Gasteiger partial charge on any atom is -0.459 e. The minimum atomic E-state index is -0.521. The van der Waals surface area contributed by atoms with Crippen LogP contribution in [0.15, 0.2) is 0 Å². The van der Waals surface area contributed by atoms with Crippen LogP contribution in [0.1, 0.15) is 114 Å². The summed E-state index contributed by atoms with van der Waals surface area (Å²) in [6, 6.07) is 0.519. The molecule has 48 heavy (non-hydrogen) atoms. The second-order valence-electron chi connectivity index (χ2n) is 20.1. The molecule has 5 aliphatic carbocycles. The summed E-state index contributed by atoms with van der Waals surface area (Å²) in [5.74, 6) is 1.55. The summed E-state index contributed by atoms with van der Waals surface area (Å²) < 4.78 is 31.6. The molecule has 8 rings (SSSR count). The van der Waals surface area contributed by atoms with E-state index in [2.05, 4.69) is 60.3 Å². The number of morpholine rings is 1. The molecule has 1 N–H and O–H groups in total. The standard InChI is InChI=1S/C40H65NO7/c1-23-18-26(34(35(3,4)5)46-24(2)42)47-32-31(23)37(8)14-15-40-22-39(40)13-12-29(48-30-19-41(16-17-45-30)25-20-44-21-25)36(6,7)27(39)10-11-28(40)38(37,9)33(32)43/h23,25-34,43H,10-22H2,1-9H3/t23-,26?,27+,28+,29?,30+,31?,32?,33+,34?,37-,38-,39?,40+/m1/s1. The number of aliphatic hydroxyl groups is 1. The number of rotatable bonds is 5. The number of hydrogen-bond donors (Lipinski definition) is 1. The fraction of sp³-hybridized carbons (Fsp3) is 0.975. The highest BCUT2D eigenvalue weighted by Crippen LogP contribution is 2.89. The first-order chi connectivity index (χ1) is 22.5. The summed E-state index contributed by atoms with van der Waals surface area (Å²) >= 11 is 0. The fourth-order valence-electron chi connectivity index (χ4n) is 14.4. The summed E-state index contributed by atoms with van der Waals surface area (Å²) in [7, 11) is 0. The second kappa shape index (κ2) is 11.1. The normalized spacial score (nSPS) is 52.1. The Kier molecular flexibility index (Phi) is 7.95. The largest absolute Gasteiger partial charge is 0.459 e. The number of ether oxygens (including phenoxy) is 5. The van der Waals surface area contributed by atoms with E-state index >= 15 is 0 Å². The molecule has 14 atom stereocenters. The van der Waals surface area contributed by atoms with Crippen molar-refractivity contribution in [2.24, 2.45) is 56.2 Å². The molecule has 3 saturated heterocycles. The van der Waals surface area contributed by atoms with Gasteiger partial charge in [-0.15, -0.1) is 0 Å². The number of esters is 1. The molecule has 3 heterocycles. The van der Waals surface area contributed by atoms with Gasteiger partial charge in [0.25, 0.3) is 0 Å². The van der Waals surface area contributed by atoms with Crippen molar-refractivity contribution < 1.29 is 33.6 Å². The highest BCUT2D eigenvalue weighted by atomic mass is 16.7. The lowest BCUT2D eigenvalue weighted by Gasteiger charge is -2.64. The Bertz CT molecular complexity index is 1280. The van der Waals surface area contributed by atoms with Crippen molar-refractivity contribution in [3.63, 3.8) is 0 Å². The van der Waals surface area contributed by atoms with Gasteiger partial charge >= 0.3 is 5.97 Å². The maximum atomic E-state index is 12.6. The summed E-state index contributed by atoms with van der Waals surface area (Å²) in [5.41, 5.74) is 0.279. The minimum absolute atomic E-state index is 0.0121. The first-order valence-corrected chi connectivity index (χ1v) is 19.6. The molecule has 2 spiro atoms. The quantitative estimate of drug-likeness (QED) is 0.345. The SMILES string of the molecule is CC(=O)OC(C1C[C@@H](C)C2C(O1)[C@H](O)[C@@]1(C)[C@@H]3CC[C@H]4C(C)(C)C(O[C@H]5CN(C6COC6)CCO5)CCC45C[C@@]35CC[C@]21C)C(C)(C)C. The Hall–Kier alpha value is -0.770. The lowest BCUT2D eigenvalue weighted by molar-refractivity contribution is -0.256. The highest BCUT2D eigenvalue weighted by Gasteiger charge is 2.84. The average molecular weight is 672 g/mol. The smallest absolute Gasteiger partial charge is 0.303 e. The lowest BCUT2D eigenvalue weighted by Crippen LogP contribution is -2.60. The molecular weight excluding hydrogens is 606 g/mol. The third-order valence-electron chi connectivity index (χ3n) is 16.8. The maximum Gasteiger partial charge on any atom is 0.303 e. The van der Waals surface area contributed by atoms with Crippen molar-refractivity contribution in [1.29, 1.82) is 0 Å².